The fourth-order valence-electron chi connectivity index (χ4n) is 2.70. The number of benzene rings is 1. The number of likely N-dealkylation sites (tertiary alicyclic amines) is 1. The first-order chi connectivity index (χ1) is 8.50. The molecule has 1 aliphatic heterocycles. The molecule has 4 heteroatoms. The highest BCUT2D eigenvalue weighted by Gasteiger charge is 2.34. The Kier molecular flexibility index (Phi) is 3.97. The molecular weight excluding hydrogens is 234 g/mol. The largest absolute Gasteiger partial charge is 0.326 e. The summed E-state index contributed by atoms with van der Waals surface area (Å²) in [5.41, 5.74) is 7.26. The molecule has 0 amide bonds. The van der Waals surface area contributed by atoms with Crippen molar-refractivity contribution in [2.75, 3.05) is 6.54 Å². The molecular formula is C14H20F2N2. The molecule has 0 spiro atoms. The number of alkyl halides is 2. The third kappa shape index (κ3) is 2.54. The summed E-state index contributed by atoms with van der Waals surface area (Å²) in [6, 6.07) is 7.23. The van der Waals surface area contributed by atoms with E-state index < -0.39 is 6.43 Å². The number of nitrogens with two attached hydrogens (primary N) is 1. The minimum atomic E-state index is -2.41. The smallest absolute Gasteiger partial charge is 0.263 e. The van der Waals surface area contributed by atoms with Gasteiger partial charge in [0.25, 0.3) is 6.43 Å². The first-order valence-corrected chi connectivity index (χ1v) is 6.40. The van der Waals surface area contributed by atoms with E-state index in [1.807, 2.05) is 0 Å². The highest BCUT2D eigenvalue weighted by Crippen LogP contribution is 2.33. The van der Waals surface area contributed by atoms with Gasteiger partial charge in [-0.05, 0) is 25.8 Å². The molecule has 0 bridgehead atoms. The number of halogens is 2. The highest BCUT2D eigenvalue weighted by molar-refractivity contribution is 5.27. The van der Waals surface area contributed by atoms with Crippen LogP contribution in [-0.4, -0.2) is 23.5 Å². The molecule has 2 nitrogen and oxygen atoms in total. The zero-order valence-electron chi connectivity index (χ0n) is 10.8. The van der Waals surface area contributed by atoms with Gasteiger partial charge in [0, 0.05) is 24.2 Å². The van der Waals surface area contributed by atoms with Crippen molar-refractivity contribution in [3.05, 3.63) is 35.4 Å². The van der Waals surface area contributed by atoms with E-state index in [2.05, 4.69) is 18.7 Å². The van der Waals surface area contributed by atoms with Crippen molar-refractivity contribution in [2.45, 2.75) is 44.8 Å². The van der Waals surface area contributed by atoms with Crippen molar-refractivity contribution < 1.29 is 8.78 Å². The zero-order chi connectivity index (χ0) is 13.3. The van der Waals surface area contributed by atoms with Crippen molar-refractivity contribution >= 4 is 0 Å². The van der Waals surface area contributed by atoms with Gasteiger partial charge in [0.05, 0.1) is 6.04 Å². The lowest BCUT2D eigenvalue weighted by atomic mass is 9.99. The lowest BCUT2D eigenvalue weighted by molar-refractivity contribution is 0.151. The van der Waals surface area contributed by atoms with Gasteiger partial charge >= 0.3 is 0 Å². The molecule has 1 aliphatic rings. The number of hydrogen-bond acceptors (Lipinski definition) is 2. The SMILES string of the molecule is CC(C)N1CCC(N)C1c1ccc(C(F)F)cc1. The second kappa shape index (κ2) is 5.33. The molecule has 1 aromatic rings. The lowest BCUT2D eigenvalue weighted by Crippen LogP contribution is -2.35. The van der Waals surface area contributed by atoms with E-state index in [1.54, 1.807) is 12.1 Å². The molecule has 2 rings (SSSR count). The van der Waals surface area contributed by atoms with Gasteiger partial charge in [0.1, 0.15) is 0 Å². The van der Waals surface area contributed by atoms with Crippen LogP contribution in [0.1, 0.15) is 43.9 Å². The van der Waals surface area contributed by atoms with Gasteiger partial charge < -0.3 is 5.73 Å². The van der Waals surface area contributed by atoms with E-state index >= 15 is 0 Å². The Morgan fingerprint density at radius 2 is 1.83 bits per heavy atom. The summed E-state index contributed by atoms with van der Waals surface area (Å²) in [5.74, 6) is 0. The van der Waals surface area contributed by atoms with Crippen LogP contribution in [0.15, 0.2) is 24.3 Å². The molecule has 1 saturated heterocycles. The Hall–Kier alpha value is -1.00. The summed E-state index contributed by atoms with van der Waals surface area (Å²) < 4.78 is 25.0. The van der Waals surface area contributed by atoms with E-state index in [9.17, 15) is 8.78 Å². The standard InChI is InChI=1S/C14H20F2N2/c1-9(2)18-8-7-12(17)13(18)10-3-5-11(6-4-10)14(15)16/h3-6,9,12-14H,7-8,17H2,1-2H3. The Morgan fingerprint density at radius 3 is 2.33 bits per heavy atom. The Bertz CT molecular complexity index is 389. The Morgan fingerprint density at radius 1 is 1.22 bits per heavy atom. The van der Waals surface area contributed by atoms with Crippen LogP contribution in [0, 0.1) is 0 Å². The molecule has 1 aromatic carbocycles. The second-order valence-electron chi connectivity index (χ2n) is 5.20. The third-order valence-electron chi connectivity index (χ3n) is 3.68. The van der Waals surface area contributed by atoms with E-state index in [-0.39, 0.29) is 17.6 Å². The number of rotatable bonds is 3. The van der Waals surface area contributed by atoms with Crippen molar-refractivity contribution in [1.29, 1.82) is 0 Å². The summed E-state index contributed by atoms with van der Waals surface area (Å²) in [5, 5.41) is 0. The maximum Gasteiger partial charge on any atom is 0.263 e. The molecule has 2 unspecified atom stereocenters. The molecule has 0 aromatic heterocycles. The van der Waals surface area contributed by atoms with Crippen LogP contribution in [0.3, 0.4) is 0 Å². The molecule has 18 heavy (non-hydrogen) atoms. The van der Waals surface area contributed by atoms with E-state index in [0.717, 1.165) is 18.5 Å². The molecule has 0 saturated carbocycles. The fraction of sp³-hybridized carbons (Fsp3) is 0.571. The highest BCUT2D eigenvalue weighted by atomic mass is 19.3. The van der Waals surface area contributed by atoms with Crippen molar-refractivity contribution in [3.63, 3.8) is 0 Å². The molecule has 0 radical (unpaired) electrons. The maximum atomic E-state index is 12.5. The molecule has 0 aliphatic carbocycles. The van der Waals surface area contributed by atoms with Crippen molar-refractivity contribution in [3.8, 4) is 0 Å². The maximum absolute atomic E-state index is 12.5. The Balaban J connectivity index is 2.23. The van der Waals surface area contributed by atoms with Crippen LogP contribution >= 0.6 is 0 Å². The topological polar surface area (TPSA) is 29.3 Å². The van der Waals surface area contributed by atoms with Crippen LogP contribution in [0.25, 0.3) is 0 Å². The van der Waals surface area contributed by atoms with E-state index in [4.69, 9.17) is 5.73 Å². The van der Waals surface area contributed by atoms with Gasteiger partial charge in [-0.3, -0.25) is 4.90 Å². The van der Waals surface area contributed by atoms with E-state index in [1.165, 1.54) is 12.1 Å². The van der Waals surface area contributed by atoms with Crippen LogP contribution in [0.2, 0.25) is 0 Å². The van der Waals surface area contributed by atoms with Crippen LogP contribution in [0.4, 0.5) is 8.78 Å². The first-order valence-electron chi connectivity index (χ1n) is 6.40. The summed E-state index contributed by atoms with van der Waals surface area (Å²) in [6.07, 6.45) is -1.45. The molecule has 1 fully saturated rings. The normalized spacial score (nSPS) is 25.3. The van der Waals surface area contributed by atoms with Crippen LogP contribution < -0.4 is 5.73 Å². The number of nitrogens with zero attached hydrogens (tertiary/aromatic N) is 1. The lowest BCUT2D eigenvalue weighted by Gasteiger charge is -2.30. The zero-order valence-corrected chi connectivity index (χ0v) is 10.8. The minimum absolute atomic E-state index is 0.0708. The Labute approximate surface area is 107 Å². The average molecular weight is 254 g/mol. The summed E-state index contributed by atoms with van der Waals surface area (Å²) >= 11 is 0. The van der Waals surface area contributed by atoms with Gasteiger partial charge in [0.15, 0.2) is 0 Å². The van der Waals surface area contributed by atoms with Crippen molar-refractivity contribution in [1.82, 2.24) is 4.90 Å². The quantitative estimate of drug-likeness (QED) is 0.898. The molecule has 2 N–H and O–H groups in total. The van der Waals surface area contributed by atoms with Crippen LogP contribution in [-0.2, 0) is 0 Å². The molecule has 1 heterocycles. The summed E-state index contributed by atoms with van der Waals surface area (Å²) in [4.78, 5) is 2.34. The average Bonchev–Trinajstić information content (AvgIpc) is 2.71. The predicted molar refractivity (Wildman–Crippen MR) is 68.6 cm³/mol. The van der Waals surface area contributed by atoms with Gasteiger partial charge in [-0.1, -0.05) is 24.3 Å². The monoisotopic (exact) mass is 254 g/mol. The predicted octanol–water partition coefficient (Wildman–Crippen LogP) is 3.11. The second-order valence-corrected chi connectivity index (χ2v) is 5.20. The van der Waals surface area contributed by atoms with Gasteiger partial charge in [-0.25, -0.2) is 8.78 Å². The number of hydrogen-bond donors (Lipinski definition) is 1. The molecule has 100 valence electrons. The first kappa shape index (κ1) is 13.4. The summed E-state index contributed by atoms with van der Waals surface area (Å²) in [7, 11) is 0. The van der Waals surface area contributed by atoms with Gasteiger partial charge in [-0.2, -0.15) is 0 Å². The van der Waals surface area contributed by atoms with Crippen LogP contribution in [0.5, 0.6) is 0 Å². The van der Waals surface area contributed by atoms with Gasteiger partial charge in [0.2, 0.25) is 0 Å². The minimum Gasteiger partial charge on any atom is -0.326 e. The van der Waals surface area contributed by atoms with E-state index in [0.29, 0.717) is 6.04 Å². The molecule has 2 atom stereocenters. The van der Waals surface area contributed by atoms with Crippen molar-refractivity contribution in [2.24, 2.45) is 5.73 Å². The summed E-state index contributed by atoms with van der Waals surface area (Å²) in [6.45, 7) is 5.25. The van der Waals surface area contributed by atoms with Gasteiger partial charge in [-0.15, -0.1) is 0 Å². The third-order valence-corrected chi connectivity index (χ3v) is 3.68. The fourth-order valence-corrected chi connectivity index (χ4v) is 2.70.